The Balaban J connectivity index is 0.00000248. The Morgan fingerprint density at radius 2 is 1.79 bits per heavy atom. The maximum atomic E-state index is 13.2. The Labute approximate surface area is 255 Å². The second-order valence-corrected chi connectivity index (χ2v) is 10.7. The first-order valence-corrected chi connectivity index (χ1v) is 15.3. The Morgan fingerprint density at radius 3 is 2.44 bits per heavy atom. The van der Waals surface area contributed by atoms with Crippen LogP contribution < -0.4 is 10.9 Å². The number of aryl methyl sites for hydroxylation is 2. The second kappa shape index (κ2) is 16.5. The maximum absolute atomic E-state index is 13.2. The van der Waals surface area contributed by atoms with E-state index >= 15 is 0 Å². The number of rotatable bonds is 11. The van der Waals surface area contributed by atoms with Crippen LogP contribution in [-0.2, 0) is 11.3 Å². The molecule has 0 bridgehead atoms. The van der Waals surface area contributed by atoms with Gasteiger partial charge in [0.2, 0.25) is 6.41 Å². The summed E-state index contributed by atoms with van der Waals surface area (Å²) in [5, 5.41) is 16.4. The highest BCUT2D eigenvalue weighted by Crippen LogP contribution is 2.25. The van der Waals surface area contributed by atoms with Crippen LogP contribution in [0.2, 0.25) is 0 Å². The molecule has 1 saturated heterocycles. The summed E-state index contributed by atoms with van der Waals surface area (Å²) >= 11 is 0. The number of nitrogens with zero attached hydrogens (tertiary/aromatic N) is 3. The number of amides is 1. The molecule has 8 heteroatoms. The molecule has 4 rings (SSSR count). The average Bonchev–Trinajstić information content (AvgIpc) is 3.56. The van der Waals surface area contributed by atoms with Gasteiger partial charge in [0.15, 0.2) is 0 Å². The van der Waals surface area contributed by atoms with Crippen LogP contribution in [-0.4, -0.2) is 51.5 Å². The minimum Gasteiger partial charge on any atom is -0.512 e. The molecule has 0 radical (unpaired) electrons. The first-order chi connectivity index (χ1) is 20.8. The predicted octanol–water partition coefficient (Wildman–Crippen LogP) is 6.57. The van der Waals surface area contributed by atoms with Gasteiger partial charge < -0.3 is 15.3 Å². The molecule has 1 amide bonds. The number of likely N-dealkylation sites (tertiary alicyclic amines) is 1. The number of fused-ring (bicyclic) bond motifs is 1. The van der Waals surface area contributed by atoms with Gasteiger partial charge in [-0.1, -0.05) is 68.3 Å². The van der Waals surface area contributed by atoms with Crippen LogP contribution in [0.25, 0.3) is 11.6 Å². The molecule has 0 saturated carbocycles. The lowest BCUT2D eigenvalue weighted by Crippen LogP contribution is -2.28. The predicted molar refractivity (Wildman–Crippen MR) is 178 cm³/mol. The lowest BCUT2D eigenvalue weighted by atomic mass is 9.98. The molecule has 43 heavy (non-hydrogen) atoms. The molecule has 1 fully saturated rings. The van der Waals surface area contributed by atoms with Gasteiger partial charge >= 0.3 is 0 Å². The van der Waals surface area contributed by atoms with Crippen LogP contribution in [0.1, 0.15) is 80.8 Å². The summed E-state index contributed by atoms with van der Waals surface area (Å²) in [6.07, 6.45) is 16.3. The van der Waals surface area contributed by atoms with E-state index in [1.807, 2.05) is 78.0 Å². The summed E-state index contributed by atoms with van der Waals surface area (Å²) < 4.78 is 1.70. The minimum absolute atomic E-state index is 0.0284. The Kier molecular flexibility index (Phi) is 12.8. The monoisotopic (exact) mass is 585 g/mol. The minimum atomic E-state index is -0.235. The van der Waals surface area contributed by atoms with Crippen molar-refractivity contribution in [1.82, 2.24) is 20.0 Å². The third kappa shape index (κ3) is 9.16. The van der Waals surface area contributed by atoms with E-state index in [-0.39, 0.29) is 17.2 Å². The number of aliphatic imine (C=N–C) groups is 1. The summed E-state index contributed by atoms with van der Waals surface area (Å²) in [6.45, 7) is 15.5. The van der Waals surface area contributed by atoms with Crippen LogP contribution in [0, 0.1) is 13.8 Å². The van der Waals surface area contributed by atoms with Crippen molar-refractivity contribution in [3.63, 3.8) is 0 Å². The van der Waals surface area contributed by atoms with Crippen molar-refractivity contribution in [2.24, 2.45) is 4.99 Å². The number of carbonyl (C=O) groups excluding carboxylic acids is 1. The third-order valence-electron chi connectivity index (χ3n) is 7.48. The van der Waals surface area contributed by atoms with Gasteiger partial charge in [0.25, 0.3) is 5.56 Å². The zero-order chi connectivity index (χ0) is 31.4. The van der Waals surface area contributed by atoms with Crippen molar-refractivity contribution >= 4 is 23.8 Å². The smallest absolute Gasteiger partial charge is 0.274 e. The Hall–Kier alpha value is -4.17. The number of benzene rings is 1. The number of hydrogen-bond donors (Lipinski definition) is 3. The fourth-order valence-electron chi connectivity index (χ4n) is 5.33. The number of allylic oxidation sites excluding steroid dienone is 7. The lowest BCUT2D eigenvalue weighted by Gasteiger charge is -2.14. The van der Waals surface area contributed by atoms with Crippen molar-refractivity contribution in [3.05, 3.63) is 105 Å². The molecular formula is C35H47N5O3. The number of carbonyl (C=O) groups is 1. The van der Waals surface area contributed by atoms with Gasteiger partial charge in [0.1, 0.15) is 0 Å². The second-order valence-electron chi connectivity index (χ2n) is 10.7. The highest BCUT2D eigenvalue weighted by Gasteiger charge is 2.23. The van der Waals surface area contributed by atoms with Gasteiger partial charge in [-0.2, -0.15) is 0 Å². The van der Waals surface area contributed by atoms with Crippen molar-refractivity contribution in [2.75, 3.05) is 19.6 Å². The van der Waals surface area contributed by atoms with Crippen molar-refractivity contribution in [2.45, 2.75) is 73.3 Å². The lowest BCUT2D eigenvalue weighted by molar-refractivity contribution is -0.108. The molecule has 1 unspecified atom stereocenters. The van der Waals surface area contributed by atoms with E-state index in [4.69, 9.17) is 4.99 Å². The topological polar surface area (TPSA) is 103 Å². The molecule has 2 aliphatic rings. The fourth-order valence-corrected chi connectivity index (χ4v) is 5.33. The number of aromatic amines is 1. The molecule has 8 nitrogen and oxygen atoms in total. The third-order valence-corrected chi connectivity index (χ3v) is 7.48. The standard InChI is InChI=1S/C33H41N5O3.C2H6/c1-5-29(40)20-27(26-17-23(2)16-24(3)18-26)19-28(35-22-39)21-34-25(4)30-10-6-7-11-31-32(30)36-38(33(31)41)15-14-37-12-8-9-13-37;1-2/h6-7,10-11,16-22,30,36,40H,5,8-9,12-15H2,1-4H3,(H,35,39);1-2H3/b27-19+,28-21-,29-20+,34-25?;. The number of aromatic nitrogens is 2. The van der Waals surface area contributed by atoms with E-state index in [1.165, 1.54) is 12.8 Å². The molecular weight excluding hydrogens is 538 g/mol. The number of H-pyrrole nitrogens is 1. The van der Waals surface area contributed by atoms with Crippen LogP contribution in [0.15, 0.2) is 76.0 Å². The highest BCUT2D eigenvalue weighted by atomic mass is 16.3. The first kappa shape index (κ1) is 33.3. The van der Waals surface area contributed by atoms with Crippen molar-refractivity contribution in [1.29, 1.82) is 0 Å². The number of aliphatic hydroxyl groups is 1. The number of nitrogens with one attached hydrogen (secondary N) is 2. The largest absolute Gasteiger partial charge is 0.512 e. The molecule has 1 aliphatic carbocycles. The van der Waals surface area contributed by atoms with E-state index in [2.05, 4.69) is 21.4 Å². The zero-order valence-electron chi connectivity index (χ0n) is 26.5. The van der Waals surface area contributed by atoms with Gasteiger partial charge in [-0.25, -0.2) is 0 Å². The molecule has 2 aromatic rings. The highest BCUT2D eigenvalue weighted by molar-refractivity contribution is 5.92. The summed E-state index contributed by atoms with van der Waals surface area (Å²) in [5.74, 6) is 0.00346. The van der Waals surface area contributed by atoms with E-state index in [9.17, 15) is 14.7 Å². The zero-order valence-corrected chi connectivity index (χ0v) is 26.5. The fraction of sp³-hybridized carbons (Fsp3) is 0.400. The Bertz CT molecular complexity index is 1470. The van der Waals surface area contributed by atoms with Gasteiger partial charge in [-0.15, -0.1) is 0 Å². The van der Waals surface area contributed by atoms with Crippen LogP contribution in [0.4, 0.5) is 0 Å². The van der Waals surface area contributed by atoms with Crippen molar-refractivity contribution < 1.29 is 9.90 Å². The molecule has 2 heterocycles. The van der Waals surface area contributed by atoms with Gasteiger partial charge in [0.05, 0.1) is 41.4 Å². The number of aliphatic hydroxyl groups excluding tert-OH is 1. The Morgan fingerprint density at radius 1 is 1.09 bits per heavy atom. The molecule has 1 atom stereocenters. The number of hydrogen-bond acceptors (Lipinski definition) is 5. The van der Waals surface area contributed by atoms with E-state index < -0.39 is 0 Å². The molecule has 3 N–H and O–H groups in total. The van der Waals surface area contributed by atoms with Gasteiger partial charge in [0, 0.05) is 18.7 Å². The van der Waals surface area contributed by atoms with Gasteiger partial charge in [-0.05, 0) is 76.1 Å². The molecule has 1 aromatic heterocycles. The average molecular weight is 586 g/mol. The summed E-state index contributed by atoms with van der Waals surface area (Å²) in [6, 6.07) is 6.17. The SMILES string of the molecule is CC.CC\C(O)=C/C(=C\C(=C\N=C(C)C1C=CC=Cc2c1[nH]n(CCN1CCCC1)c2=O)NC=O)c1cc(C)cc(C)c1. The van der Waals surface area contributed by atoms with E-state index in [1.54, 1.807) is 23.0 Å². The van der Waals surface area contributed by atoms with Crippen LogP contribution >= 0.6 is 0 Å². The normalized spacial score (nSPS) is 17.8. The molecule has 0 spiro atoms. The van der Waals surface area contributed by atoms with Crippen LogP contribution in [0.5, 0.6) is 0 Å². The van der Waals surface area contributed by atoms with Gasteiger partial charge in [-0.3, -0.25) is 24.4 Å². The van der Waals surface area contributed by atoms with Crippen LogP contribution in [0.3, 0.4) is 0 Å². The molecule has 1 aliphatic heterocycles. The quantitative estimate of drug-likeness (QED) is 0.120. The summed E-state index contributed by atoms with van der Waals surface area (Å²) in [5.41, 5.74) is 6.54. The van der Waals surface area contributed by atoms with Crippen molar-refractivity contribution in [3.8, 4) is 0 Å². The van der Waals surface area contributed by atoms with E-state index in [0.29, 0.717) is 30.6 Å². The summed E-state index contributed by atoms with van der Waals surface area (Å²) in [4.78, 5) is 31.8. The summed E-state index contributed by atoms with van der Waals surface area (Å²) in [7, 11) is 0. The first-order valence-electron chi connectivity index (χ1n) is 15.3. The molecule has 230 valence electrons. The van der Waals surface area contributed by atoms with E-state index in [0.717, 1.165) is 53.3 Å². The maximum Gasteiger partial charge on any atom is 0.274 e. The molecule has 1 aromatic carbocycles.